The third-order valence-electron chi connectivity index (χ3n) is 8.92. The number of hydrogen-bond donors (Lipinski definition) is 2. The highest BCUT2D eigenvalue weighted by atomic mass is 32.1. The van der Waals surface area contributed by atoms with Crippen LogP contribution in [0.2, 0.25) is 0 Å². The van der Waals surface area contributed by atoms with Crippen LogP contribution in [0.25, 0.3) is 0 Å². The molecule has 2 saturated heterocycles. The summed E-state index contributed by atoms with van der Waals surface area (Å²) >= 11 is 1.36. The summed E-state index contributed by atoms with van der Waals surface area (Å²) in [6.07, 6.45) is 1.59. The van der Waals surface area contributed by atoms with Gasteiger partial charge in [-0.05, 0) is 61.7 Å². The van der Waals surface area contributed by atoms with Gasteiger partial charge in [0.15, 0.2) is 16.5 Å². The number of anilines is 1. The number of aromatic carboxylic acids is 1. The molecule has 2 fully saturated rings. The predicted molar refractivity (Wildman–Crippen MR) is 168 cm³/mol. The minimum absolute atomic E-state index is 0.0545. The fourth-order valence-corrected chi connectivity index (χ4v) is 7.08. The van der Waals surface area contributed by atoms with E-state index in [1.807, 2.05) is 4.90 Å². The number of nitrogens with one attached hydrogen (secondary N) is 1. The lowest BCUT2D eigenvalue weighted by atomic mass is 9.84. The standard InChI is InChI=1S/C33H33F2N5O5S/c1-4-45-31(43)26-25(37-28(29-36-11-13-46-29)38-27(26)23-6-5-7-24(34)19(23)3)17-39-12-10-33(35)20(15-39)16-40(32(33)44)21-8-9-22(30(41)42)18(2)14-21/h5-9,11,13-14,20,27H,4,10,12,15-17H2,1-3H3,(H,37,38)(H,41,42)/t20-,27-,33+/m0/s1. The van der Waals surface area contributed by atoms with Crippen LogP contribution in [0.3, 0.4) is 0 Å². The average molecular weight is 650 g/mol. The van der Waals surface area contributed by atoms with Gasteiger partial charge in [-0.3, -0.25) is 14.7 Å². The number of nitrogens with zero attached hydrogens (tertiary/aromatic N) is 4. The predicted octanol–water partition coefficient (Wildman–Crippen LogP) is 4.58. The van der Waals surface area contributed by atoms with Gasteiger partial charge in [-0.25, -0.2) is 23.4 Å². The smallest absolute Gasteiger partial charge is 0.338 e. The summed E-state index contributed by atoms with van der Waals surface area (Å²) in [6, 6.07) is 8.33. The Morgan fingerprint density at radius 1 is 1.22 bits per heavy atom. The number of carboxylic acid groups (broad SMARTS) is 1. The molecule has 0 radical (unpaired) electrons. The first-order chi connectivity index (χ1) is 22.0. The Hall–Kier alpha value is -4.49. The minimum Gasteiger partial charge on any atom is -0.478 e. The Labute approximate surface area is 268 Å². The minimum atomic E-state index is -2.08. The molecular weight excluding hydrogens is 616 g/mol. The molecule has 3 aromatic rings. The molecule has 1 aromatic heterocycles. The van der Waals surface area contributed by atoms with Crippen LogP contribution < -0.4 is 10.2 Å². The number of aromatic nitrogens is 1. The van der Waals surface area contributed by atoms with Gasteiger partial charge >= 0.3 is 11.9 Å². The molecule has 10 nitrogen and oxygen atoms in total. The summed E-state index contributed by atoms with van der Waals surface area (Å²) in [5.41, 5.74) is 0.544. The van der Waals surface area contributed by atoms with Gasteiger partial charge in [-0.15, -0.1) is 11.3 Å². The number of carbonyl (C=O) groups is 3. The number of aryl methyl sites for hydroxylation is 1. The van der Waals surface area contributed by atoms with Crippen molar-refractivity contribution in [1.82, 2.24) is 15.2 Å². The number of amidine groups is 1. The summed E-state index contributed by atoms with van der Waals surface area (Å²) in [4.78, 5) is 51.0. The number of fused-ring (bicyclic) bond motifs is 1. The molecule has 240 valence electrons. The first kappa shape index (κ1) is 31.5. The number of benzene rings is 2. The third-order valence-corrected chi connectivity index (χ3v) is 9.70. The molecule has 0 unspecified atom stereocenters. The number of carboxylic acids is 1. The number of rotatable bonds is 8. The maximum atomic E-state index is 16.4. The van der Waals surface area contributed by atoms with E-state index < -0.39 is 41.3 Å². The van der Waals surface area contributed by atoms with E-state index in [0.717, 1.165) is 0 Å². The quantitative estimate of drug-likeness (QED) is 0.340. The lowest BCUT2D eigenvalue weighted by Crippen LogP contribution is -2.52. The molecule has 6 rings (SSSR count). The van der Waals surface area contributed by atoms with E-state index >= 15 is 4.39 Å². The zero-order chi connectivity index (χ0) is 32.7. The lowest BCUT2D eigenvalue weighted by molar-refractivity contribution is -0.139. The van der Waals surface area contributed by atoms with Crippen LogP contribution in [-0.4, -0.2) is 77.1 Å². The summed E-state index contributed by atoms with van der Waals surface area (Å²) in [6.45, 7) is 5.86. The van der Waals surface area contributed by atoms with Crippen molar-refractivity contribution >= 4 is 40.7 Å². The SMILES string of the molecule is CCOC(=O)C1=C(CN2CC[C@]3(F)C(=O)N(c4ccc(C(=O)O)c(C)c4)C[C@@H]3C2)NC(c2nccs2)=N[C@H]1c1cccc(F)c1C. The van der Waals surface area contributed by atoms with Crippen molar-refractivity contribution < 1.29 is 33.0 Å². The molecular formula is C33H33F2N5O5S. The number of carbonyl (C=O) groups excluding carboxylic acids is 2. The fraction of sp³-hybridized carbons (Fsp3) is 0.364. The Morgan fingerprint density at radius 3 is 2.72 bits per heavy atom. The van der Waals surface area contributed by atoms with Gasteiger partial charge in [0.05, 0.1) is 17.7 Å². The number of aliphatic imine (C=N–C) groups is 1. The molecule has 46 heavy (non-hydrogen) atoms. The first-order valence-corrected chi connectivity index (χ1v) is 15.9. The van der Waals surface area contributed by atoms with Crippen molar-refractivity contribution in [2.45, 2.75) is 38.9 Å². The maximum Gasteiger partial charge on any atom is 0.338 e. The van der Waals surface area contributed by atoms with E-state index in [0.29, 0.717) is 38.9 Å². The van der Waals surface area contributed by atoms with Gasteiger partial charge in [0.1, 0.15) is 11.9 Å². The molecule has 1 amide bonds. The van der Waals surface area contributed by atoms with Gasteiger partial charge in [0.25, 0.3) is 5.91 Å². The van der Waals surface area contributed by atoms with E-state index in [-0.39, 0.29) is 50.3 Å². The van der Waals surface area contributed by atoms with E-state index in [2.05, 4.69) is 10.3 Å². The summed E-state index contributed by atoms with van der Waals surface area (Å²) < 4.78 is 36.6. The second kappa shape index (κ2) is 12.4. The maximum absolute atomic E-state index is 16.4. The number of halogens is 2. The monoisotopic (exact) mass is 649 g/mol. The second-order valence-corrected chi connectivity index (χ2v) is 12.6. The molecule has 13 heteroatoms. The van der Waals surface area contributed by atoms with Crippen molar-refractivity contribution in [3.05, 3.63) is 92.3 Å². The molecule has 0 saturated carbocycles. The number of piperidine rings is 1. The lowest BCUT2D eigenvalue weighted by Gasteiger charge is -2.38. The average Bonchev–Trinajstić information content (AvgIpc) is 3.65. The van der Waals surface area contributed by atoms with Gasteiger partial charge < -0.3 is 20.1 Å². The van der Waals surface area contributed by atoms with Crippen LogP contribution in [0.4, 0.5) is 14.5 Å². The second-order valence-electron chi connectivity index (χ2n) is 11.7. The van der Waals surface area contributed by atoms with Crippen molar-refractivity contribution in [3.8, 4) is 0 Å². The van der Waals surface area contributed by atoms with Gasteiger partial charge in [0.2, 0.25) is 0 Å². The molecule has 3 aliphatic heterocycles. The first-order valence-electron chi connectivity index (χ1n) is 15.0. The highest BCUT2D eigenvalue weighted by Gasteiger charge is 2.57. The number of hydrogen-bond acceptors (Lipinski definition) is 9. The zero-order valence-electron chi connectivity index (χ0n) is 25.5. The number of amides is 1. The van der Waals surface area contributed by atoms with Crippen molar-refractivity contribution in [3.63, 3.8) is 0 Å². The fourth-order valence-electron chi connectivity index (χ4n) is 6.49. The number of alkyl halides is 1. The van der Waals surface area contributed by atoms with Gasteiger partial charge in [-0.1, -0.05) is 12.1 Å². The van der Waals surface area contributed by atoms with E-state index in [1.54, 1.807) is 50.5 Å². The van der Waals surface area contributed by atoms with Crippen molar-refractivity contribution in [2.75, 3.05) is 37.7 Å². The molecule has 3 atom stereocenters. The van der Waals surface area contributed by atoms with Crippen molar-refractivity contribution in [1.29, 1.82) is 0 Å². The number of likely N-dealkylation sites (tertiary alicyclic amines) is 1. The Balaban J connectivity index is 1.32. The largest absolute Gasteiger partial charge is 0.478 e. The normalized spacial score (nSPS) is 23.2. The van der Waals surface area contributed by atoms with E-state index in [4.69, 9.17) is 9.73 Å². The topological polar surface area (TPSA) is 124 Å². The Morgan fingerprint density at radius 2 is 2.02 bits per heavy atom. The van der Waals surface area contributed by atoms with Crippen LogP contribution in [0.15, 0.2) is 64.2 Å². The summed E-state index contributed by atoms with van der Waals surface area (Å²) in [7, 11) is 0. The molecule has 0 aliphatic carbocycles. The van der Waals surface area contributed by atoms with Crippen LogP contribution in [-0.2, 0) is 14.3 Å². The molecule has 0 spiro atoms. The van der Waals surface area contributed by atoms with Gasteiger partial charge in [-0.2, -0.15) is 0 Å². The third kappa shape index (κ3) is 5.58. The number of thiazole rings is 1. The molecule has 0 bridgehead atoms. The number of esters is 1. The van der Waals surface area contributed by atoms with Crippen LogP contribution in [0, 0.1) is 25.6 Å². The molecule has 4 heterocycles. The van der Waals surface area contributed by atoms with Crippen LogP contribution >= 0.6 is 11.3 Å². The van der Waals surface area contributed by atoms with E-state index in [1.165, 1.54) is 34.4 Å². The summed E-state index contributed by atoms with van der Waals surface area (Å²) in [5, 5.41) is 15.1. The van der Waals surface area contributed by atoms with Crippen LogP contribution in [0.5, 0.6) is 0 Å². The van der Waals surface area contributed by atoms with E-state index in [9.17, 15) is 23.9 Å². The molecule has 2 aromatic carbocycles. The highest BCUT2D eigenvalue weighted by molar-refractivity contribution is 7.11. The van der Waals surface area contributed by atoms with Crippen molar-refractivity contribution in [2.24, 2.45) is 10.9 Å². The molecule has 2 N–H and O–H groups in total. The highest BCUT2D eigenvalue weighted by Crippen LogP contribution is 2.42. The summed E-state index contributed by atoms with van der Waals surface area (Å²) in [5.74, 6) is -2.98. The number of ether oxygens (including phenoxy) is 1. The Kier molecular flexibility index (Phi) is 8.47. The van der Waals surface area contributed by atoms with Gasteiger partial charge in [0, 0.05) is 61.5 Å². The zero-order valence-corrected chi connectivity index (χ0v) is 26.4. The Bertz CT molecular complexity index is 1780. The van der Waals surface area contributed by atoms with Crippen LogP contribution in [0.1, 0.15) is 51.4 Å². The molecule has 3 aliphatic rings.